The molecule has 1 aliphatic carbocycles. The highest BCUT2D eigenvalue weighted by atomic mass is 79.9. The Bertz CT molecular complexity index is 308. The van der Waals surface area contributed by atoms with E-state index >= 15 is 0 Å². The van der Waals surface area contributed by atoms with Gasteiger partial charge >= 0.3 is 0 Å². The molecule has 78 valence electrons. The van der Waals surface area contributed by atoms with Gasteiger partial charge in [0.1, 0.15) is 0 Å². The fraction of sp³-hybridized carbons (Fsp3) is 0.727. The summed E-state index contributed by atoms with van der Waals surface area (Å²) in [6.45, 7) is 5.48. The molecule has 0 aromatic carbocycles. The van der Waals surface area contributed by atoms with Gasteiger partial charge in [-0.25, -0.2) is 0 Å². The minimum absolute atomic E-state index is 0.688. The summed E-state index contributed by atoms with van der Waals surface area (Å²) in [7, 11) is 0. The Labute approximate surface area is 93.8 Å². The molecule has 1 aliphatic rings. The van der Waals surface area contributed by atoms with Gasteiger partial charge in [0.15, 0.2) is 0 Å². The van der Waals surface area contributed by atoms with Gasteiger partial charge in [0.2, 0.25) is 0 Å². The molecule has 3 unspecified atom stereocenters. The SMILES string of the molecule is CCn1nccc1C1CCC(Br)C1C. The van der Waals surface area contributed by atoms with Crippen LogP contribution in [0.1, 0.15) is 38.3 Å². The second-order valence-corrected chi connectivity index (χ2v) is 5.31. The number of halogens is 1. The van der Waals surface area contributed by atoms with E-state index in [4.69, 9.17) is 0 Å². The average molecular weight is 257 g/mol. The van der Waals surface area contributed by atoms with Crippen molar-refractivity contribution in [2.24, 2.45) is 5.92 Å². The van der Waals surface area contributed by atoms with Crippen molar-refractivity contribution in [3.05, 3.63) is 18.0 Å². The molecule has 1 aromatic heterocycles. The van der Waals surface area contributed by atoms with Crippen molar-refractivity contribution >= 4 is 15.9 Å². The largest absolute Gasteiger partial charge is 0.270 e. The fourth-order valence-electron chi connectivity index (χ4n) is 2.46. The molecule has 1 fully saturated rings. The predicted octanol–water partition coefficient (Wildman–Crippen LogP) is 3.18. The van der Waals surface area contributed by atoms with Gasteiger partial charge in [0, 0.05) is 29.2 Å². The summed E-state index contributed by atoms with van der Waals surface area (Å²) in [5.41, 5.74) is 1.42. The molecule has 0 bridgehead atoms. The van der Waals surface area contributed by atoms with Gasteiger partial charge in [0.25, 0.3) is 0 Å². The zero-order valence-corrected chi connectivity index (χ0v) is 10.4. The minimum atomic E-state index is 0.688. The van der Waals surface area contributed by atoms with Gasteiger partial charge in [-0.3, -0.25) is 4.68 Å². The lowest BCUT2D eigenvalue weighted by Gasteiger charge is -2.18. The number of aryl methyl sites for hydroxylation is 1. The van der Waals surface area contributed by atoms with Crippen LogP contribution in [-0.4, -0.2) is 14.6 Å². The highest BCUT2D eigenvalue weighted by molar-refractivity contribution is 9.09. The topological polar surface area (TPSA) is 17.8 Å². The Morgan fingerprint density at radius 1 is 1.57 bits per heavy atom. The predicted molar refractivity (Wildman–Crippen MR) is 61.8 cm³/mol. The van der Waals surface area contributed by atoms with Crippen molar-refractivity contribution in [3.8, 4) is 0 Å². The van der Waals surface area contributed by atoms with Crippen LogP contribution < -0.4 is 0 Å². The molecule has 1 saturated carbocycles. The van der Waals surface area contributed by atoms with Gasteiger partial charge < -0.3 is 0 Å². The van der Waals surface area contributed by atoms with E-state index < -0.39 is 0 Å². The van der Waals surface area contributed by atoms with Crippen molar-refractivity contribution < 1.29 is 0 Å². The quantitative estimate of drug-likeness (QED) is 0.744. The van der Waals surface area contributed by atoms with Crippen LogP contribution in [0.3, 0.4) is 0 Å². The van der Waals surface area contributed by atoms with E-state index in [0.717, 1.165) is 12.5 Å². The molecular formula is C11H17BrN2. The summed E-state index contributed by atoms with van der Waals surface area (Å²) in [5.74, 6) is 1.43. The third-order valence-electron chi connectivity index (χ3n) is 3.39. The summed E-state index contributed by atoms with van der Waals surface area (Å²) in [6, 6.07) is 2.18. The number of hydrogen-bond donors (Lipinski definition) is 0. The molecular weight excluding hydrogens is 240 g/mol. The molecule has 3 heteroatoms. The van der Waals surface area contributed by atoms with Crippen LogP contribution in [0.25, 0.3) is 0 Å². The van der Waals surface area contributed by atoms with Crippen LogP contribution >= 0.6 is 15.9 Å². The van der Waals surface area contributed by atoms with Gasteiger partial charge in [-0.05, 0) is 31.7 Å². The molecule has 0 saturated heterocycles. The smallest absolute Gasteiger partial charge is 0.0492 e. The normalized spacial score (nSPS) is 32.4. The lowest BCUT2D eigenvalue weighted by atomic mass is 9.94. The van der Waals surface area contributed by atoms with Crippen LogP contribution in [0.15, 0.2) is 12.3 Å². The lowest BCUT2D eigenvalue weighted by Crippen LogP contribution is -2.13. The molecule has 0 N–H and O–H groups in total. The second kappa shape index (κ2) is 4.05. The first-order valence-corrected chi connectivity index (χ1v) is 6.31. The van der Waals surface area contributed by atoms with E-state index in [-0.39, 0.29) is 0 Å². The molecule has 0 amide bonds. The fourth-order valence-corrected chi connectivity index (χ4v) is 3.09. The molecule has 1 heterocycles. The highest BCUT2D eigenvalue weighted by Crippen LogP contribution is 2.42. The van der Waals surface area contributed by atoms with Crippen molar-refractivity contribution in [3.63, 3.8) is 0 Å². The van der Waals surface area contributed by atoms with E-state index in [1.807, 2.05) is 6.20 Å². The van der Waals surface area contributed by atoms with E-state index in [9.17, 15) is 0 Å². The zero-order valence-electron chi connectivity index (χ0n) is 8.78. The van der Waals surface area contributed by atoms with Gasteiger partial charge in [-0.2, -0.15) is 5.10 Å². The molecule has 14 heavy (non-hydrogen) atoms. The zero-order chi connectivity index (χ0) is 10.1. The molecule has 3 atom stereocenters. The lowest BCUT2D eigenvalue weighted by molar-refractivity contribution is 0.490. The molecule has 2 rings (SSSR count). The summed E-state index contributed by atoms with van der Waals surface area (Å²) in [4.78, 5) is 0.688. The first-order chi connectivity index (χ1) is 6.74. The number of nitrogens with zero attached hydrogens (tertiary/aromatic N) is 2. The van der Waals surface area contributed by atoms with Gasteiger partial charge in [-0.1, -0.05) is 22.9 Å². The third kappa shape index (κ3) is 1.62. The summed E-state index contributed by atoms with van der Waals surface area (Å²) < 4.78 is 2.13. The maximum absolute atomic E-state index is 4.34. The summed E-state index contributed by atoms with van der Waals surface area (Å²) in [5, 5.41) is 4.34. The van der Waals surface area contributed by atoms with E-state index in [1.54, 1.807) is 0 Å². The Balaban J connectivity index is 2.23. The average Bonchev–Trinajstić information content (AvgIpc) is 2.75. The number of aromatic nitrogens is 2. The van der Waals surface area contributed by atoms with Gasteiger partial charge in [0.05, 0.1) is 0 Å². The number of alkyl halides is 1. The van der Waals surface area contributed by atoms with Crippen molar-refractivity contribution in [2.45, 2.75) is 44.0 Å². The van der Waals surface area contributed by atoms with Crippen LogP contribution in [-0.2, 0) is 6.54 Å². The van der Waals surface area contributed by atoms with Crippen LogP contribution in [0.2, 0.25) is 0 Å². The molecule has 0 aliphatic heterocycles. The Morgan fingerprint density at radius 3 is 2.93 bits per heavy atom. The van der Waals surface area contributed by atoms with Crippen LogP contribution in [0, 0.1) is 5.92 Å². The number of rotatable bonds is 2. The molecule has 0 spiro atoms. The maximum atomic E-state index is 4.34. The van der Waals surface area contributed by atoms with E-state index in [0.29, 0.717) is 10.7 Å². The van der Waals surface area contributed by atoms with E-state index in [1.165, 1.54) is 18.5 Å². The standard InChI is InChI=1S/C11H17BrN2/c1-3-14-11(6-7-13-14)9-4-5-10(12)8(9)2/h6-10H,3-5H2,1-2H3. The monoisotopic (exact) mass is 256 g/mol. The maximum Gasteiger partial charge on any atom is 0.0492 e. The van der Waals surface area contributed by atoms with Crippen molar-refractivity contribution in [2.75, 3.05) is 0 Å². The van der Waals surface area contributed by atoms with Crippen LogP contribution in [0.5, 0.6) is 0 Å². The second-order valence-electron chi connectivity index (χ2n) is 4.13. The van der Waals surface area contributed by atoms with Gasteiger partial charge in [-0.15, -0.1) is 0 Å². The first kappa shape index (κ1) is 10.2. The van der Waals surface area contributed by atoms with Crippen molar-refractivity contribution in [1.82, 2.24) is 9.78 Å². The molecule has 0 radical (unpaired) electrons. The highest BCUT2D eigenvalue weighted by Gasteiger charge is 2.33. The first-order valence-electron chi connectivity index (χ1n) is 5.39. The minimum Gasteiger partial charge on any atom is -0.270 e. The molecule has 1 aromatic rings. The Kier molecular flexibility index (Phi) is 2.96. The summed E-state index contributed by atoms with van der Waals surface area (Å²) >= 11 is 3.75. The molecule has 2 nitrogen and oxygen atoms in total. The number of hydrogen-bond acceptors (Lipinski definition) is 1. The van der Waals surface area contributed by atoms with Crippen molar-refractivity contribution in [1.29, 1.82) is 0 Å². The Hall–Kier alpha value is -0.310. The van der Waals surface area contributed by atoms with E-state index in [2.05, 4.69) is 45.6 Å². The third-order valence-corrected chi connectivity index (χ3v) is 4.68. The Morgan fingerprint density at radius 2 is 2.36 bits per heavy atom. The van der Waals surface area contributed by atoms with Crippen LogP contribution in [0.4, 0.5) is 0 Å². The summed E-state index contributed by atoms with van der Waals surface area (Å²) in [6.07, 6.45) is 4.51.